The molecule has 4 heterocycles. The van der Waals surface area contributed by atoms with E-state index in [1.54, 1.807) is 24.5 Å². The van der Waals surface area contributed by atoms with Crippen LogP contribution in [0.25, 0.3) is 0 Å². The van der Waals surface area contributed by atoms with Crippen molar-refractivity contribution in [2.45, 2.75) is 103 Å². The van der Waals surface area contributed by atoms with Crippen LogP contribution in [0.15, 0.2) is 17.3 Å². The molecule has 2 aliphatic carbocycles. The van der Waals surface area contributed by atoms with Crippen LogP contribution in [0, 0.1) is 24.2 Å². The van der Waals surface area contributed by atoms with E-state index < -0.39 is 11.6 Å². The average Bonchev–Trinajstić information content (AvgIpc) is 3.42. The molecule has 2 aliphatic heterocycles. The Morgan fingerprint density at radius 1 is 1.24 bits per heavy atom. The van der Waals surface area contributed by atoms with Crippen molar-refractivity contribution in [2.24, 2.45) is 11.7 Å². The fraction of sp³-hybridized carbons (Fsp3) is 0.676. The number of nitrogens with one attached hydrogen (secondary N) is 1. The van der Waals surface area contributed by atoms with Crippen LogP contribution in [0.1, 0.15) is 99.1 Å². The Morgan fingerprint density at radius 2 is 1.96 bits per heavy atom. The van der Waals surface area contributed by atoms with Gasteiger partial charge < -0.3 is 25.4 Å². The number of aryl methyl sites for hydroxylation is 2. The predicted octanol–water partition coefficient (Wildman–Crippen LogP) is 5.72. The minimum Gasteiger partial charge on any atom is -0.474 e. The van der Waals surface area contributed by atoms with E-state index in [4.69, 9.17) is 20.2 Å². The summed E-state index contributed by atoms with van der Waals surface area (Å²) in [5.74, 6) is 0.600. The number of hydrogen-bond acceptors (Lipinski definition) is 11. The molecule has 0 aromatic carbocycles. The number of allylic oxidation sites excluding steroid dienone is 2. The van der Waals surface area contributed by atoms with E-state index in [1.807, 2.05) is 34.6 Å². The molecule has 6 rings (SSSR count). The summed E-state index contributed by atoms with van der Waals surface area (Å²) in [6.07, 6.45) is 3.84. The second kappa shape index (κ2) is 15.4. The van der Waals surface area contributed by atoms with Crippen LogP contribution in [0.2, 0.25) is 0 Å². The van der Waals surface area contributed by atoms with Gasteiger partial charge in [-0.05, 0) is 84.4 Å². The van der Waals surface area contributed by atoms with Crippen molar-refractivity contribution in [1.82, 2.24) is 20.2 Å². The number of alkyl halides is 1. The highest BCUT2D eigenvalue weighted by Crippen LogP contribution is 2.52. The normalized spacial score (nSPS) is 23.5. The number of hydrogen-bond donors (Lipinski definition) is 2. The van der Waals surface area contributed by atoms with Gasteiger partial charge in [-0.3, -0.25) is 9.69 Å². The number of ether oxygens (including phenoxy) is 2. The SMILES string of the molecule is CC.CNC[C@H](F)CC(C)[C@H](C)Oc1cc(N2CCN(C)C3(COC3)C2)nc(C(=O)C2=C(N)[C@@]3(CCC2)CCCc2sc(C)c(C#N)c23)n1.[HH]. The Hall–Kier alpha value is -3.11. The fourth-order valence-corrected chi connectivity index (χ4v) is 9.23. The molecule has 12 heteroatoms. The van der Waals surface area contributed by atoms with Gasteiger partial charge in [-0.25, -0.2) is 9.37 Å². The Balaban J connectivity index is 0.00000184. The molecule has 0 saturated carbocycles. The Morgan fingerprint density at radius 3 is 2.61 bits per heavy atom. The van der Waals surface area contributed by atoms with Crippen molar-refractivity contribution in [3.05, 3.63) is 44.0 Å². The number of nitrogens with zero attached hydrogens (tertiary/aromatic N) is 5. The number of fused-ring (bicyclic) bond motifs is 2. The second-order valence-electron chi connectivity index (χ2n) is 14.1. The van der Waals surface area contributed by atoms with Crippen molar-refractivity contribution in [3.8, 4) is 11.9 Å². The summed E-state index contributed by atoms with van der Waals surface area (Å²) in [4.78, 5) is 30.8. The van der Waals surface area contributed by atoms with Gasteiger partial charge in [0.2, 0.25) is 17.5 Å². The Kier molecular flexibility index (Phi) is 11.7. The number of thiophene rings is 1. The highest BCUT2D eigenvalue weighted by molar-refractivity contribution is 7.12. The van der Waals surface area contributed by atoms with Crippen LogP contribution < -0.4 is 20.7 Å². The molecule has 2 aromatic rings. The third kappa shape index (κ3) is 7.09. The van der Waals surface area contributed by atoms with Crippen LogP contribution in [0.3, 0.4) is 0 Å². The number of aromatic nitrogens is 2. The summed E-state index contributed by atoms with van der Waals surface area (Å²) in [5, 5.41) is 13.0. The van der Waals surface area contributed by atoms with Crippen molar-refractivity contribution in [1.29, 1.82) is 5.26 Å². The Labute approximate surface area is 296 Å². The van der Waals surface area contributed by atoms with Crippen LogP contribution in [0.5, 0.6) is 5.88 Å². The van der Waals surface area contributed by atoms with Crippen LogP contribution in [-0.4, -0.2) is 92.0 Å². The molecule has 0 radical (unpaired) electrons. The van der Waals surface area contributed by atoms with Crippen LogP contribution in [-0.2, 0) is 16.6 Å². The van der Waals surface area contributed by atoms with Crippen molar-refractivity contribution < 1.29 is 20.1 Å². The highest BCUT2D eigenvalue weighted by Gasteiger charge is 2.48. The van der Waals surface area contributed by atoms with E-state index in [0.29, 0.717) is 61.1 Å². The van der Waals surface area contributed by atoms with Gasteiger partial charge in [-0.2, -0.15) is 10.2 Å². The van der Waals surface area contributed by atoms with E-state index in [0.717, 1.165) is 55.6 Å². The van der Waals surface area contributed by atoms with Gasteiger partial charge in [-0.1, -0.05) is 20.8 Å². The van der Waals surface area contributed by atoms with Gasteiger partial charge in [0, 0.05) is 60.1 Å². The molecule has 2 fully saturated rings. The van der Waals surface area contributed by atoms with Gasteiger partial charge in [0.15, 0.2) is 0 Å². The summed E-state index contributed by atoms with van der Waals surface area (Å²) in [5.41, 5.74) is 9.28. The number of anilines is 1. The summed E-state index contributed by atoms with van der Waals surface area (Å²) < 4.78 is 26.4. The summed E-state index contributed by atoms with van der Waals surface area (Å²) in [7, 11) is 3.86. The maximum atomic E-state index is 14.5. The van der Waals surface area contributed by atoms with Gasteiger partial charge in [0.1, 0.15) is 24.2 Å². The third-order valence-corrected chi connectivity index (χ3v) is 12.2. The summed E-state index contributed by atoms with van der Waals surface area (Å²) in [6, 6.07) is 4.25. The van der Waals surface area contributed by atoms with E-state index in [2.05, 4.69) is 33.2 Å². The van der Waals surface area contributed by atoms with Crippen molar-refractivity contribution in [2.75, 3.05) is 58.4 Å². The second-order valence-corrected chi connectivity index (χ2v) is 15.4. The number of piperazine rings is 1. The summed E-state index contributed by atoms with van der Waals surface area (Å²) >= 11 is 1.69. The maximum absolute atomic E-state index is 14.5. The molecule has 270 valence electrons. The van der Waals surface area contributed by atoms with E-state index in [-0.39, 0.29) is 37.1 Å². The number of carbonyl (C=O) groups excluding carboxylic acids is 1. The van der Waals surface area contributed by atoms with E-state index in [9.17, 15) is 14.4 Å². The lowest BCUT2D eigenvalue weighted by Crippen LogP contribution is -2.70. The van der Waals surface area contributed by atoms with Crippen LogP contribution >= 0.6 is 11.3 Å². The summed E-state index contributed by atoms with van der Waals surface area (Å²) in [6.45, 7) is 13.7. The average molecular weight is 698 g/mol. The molecule has 0 amide bonds. The first-order valence-electron chi connectivity index (χ1n) is 18.0. The van der Waals surface area contributed by atoms with Crippen molar-refractivity contribution >= 4 is 22.9 Å². The smallest absolute Gasteiger partial charge is 0.228 e. The molecule has 4 aliphatic rings. The molecule has 2 spiro atoms. The maximum Gasteiger partial charge on any atom is 0.228 e. The minimum absolute atomic E-state index is 0. The monoisotopic (exact) mass is 697 g/mol. The zero-order valence-corrected chi connectivity index (χ0v) is 31.1. The first-order valence-corrected chi connectivity index (χ1v) is 18.8. The fourth-order valence-electron chi connectivity index (χ4n) is 7.96. The molecule has 49 heavy (non-hydrogen) atoms. The number of Topliss-reactive ketones (excluding diaryl/α,β-unsaturated/α-hetero) is 1. The highest BCUT2D eigenvalue weighted by atomic mass is 32.1. The first-order chi connectivity index (χ1) is 23.5. The first kappa shape index (κ1) is 37.2. The van der Waals surface area contributed by atoms with Crippen molar-refractivity contribution in [3.63, 3.8) is 0 Å². The number of halogens is 1. The predicted molar refractivity (Wildman–Crippen MR) is 194 cm³/mol. The third-order valence-electron chi connectivity index (χ3n) is 11.0. The van der Waals surface area contributed by atoms with Gasteiger partial charge in [-0.15, -0.1) is 11.3 Å². The number of rotatable bonds is 10. The molecule has 3 N–H and O–H groups in total. The van der Waals surface area contributed by atoms with E-state index >= 15 is 0 Å². The zero-order valence-electron chi connectivity index (χ0n) is 30.3. The lowest BCUT2D eigenvalue weighted by atomic mass is 9.62. The minimum atomic E-state index is -0.993. The molecule has 4 atom stereocenters. The quantitative estimate of drug-likeness (QED) is 0.298. The van der Waals surface area contributed by atoms with Gasteiger partial charge in [0.25, 0.3) is 0 Å². The largest absolute Gasteiger partial charge is 0.474 e. The van der Waals surface area contributed by atoms with Gasteiger partial charge >= 0.3 is 0 Å². The van der Waals surface area contributed by atoms with Crippen LogP contribution in [0.4, 0.5) is 10.2 Å². The molecular weight excluding hydrogens is 642 g/mol. The molecule has 1 unspecified atom stereocenters. The number of likely N-dealkylation sites (N-methyl/N-ethyl adjacent to an activating group) is 1. The molecule has 10 nitrogen and oxygen atoms in total. The zero-order chi connectivity index (χ0) is 35.5. The molecule has 2 saturated heterocycles. The molecule has 2 aromatic heterocycles. The van der Waals surface area contributed by atoms with E-state index in [1.165, 1.54) is 4.88 Å². The topological polar surface area (TPSA) is 130 Å². The number of nitrogens with two attached hydrogens (primary N) is 1. The number of ketones is 1. The lowest BCUT2D eigenvalue weighted by molar-refractivity contribution is -0.134. The lowest BCUT2D eigenvalue weighted by Gasteiger charge is -2.54. The number of nitriles is 1. The Bertz CT molecular complexity index is 1590. The molecule has 0 bridgehead atoms. The number of carbonyl (C=O) groups is 1. The standard InChI is InChI=1S/C35H48FN7O3S.C2H6.H2/c1-21(14-24(36)17-39-4)22(2)46-29-15-28(43-13-12-42(5)34(18-43)19-45-20-34)40-33(41-29)31(44)25-8-6-10-35(32(25)38)11-7-9-27-30(35)26(16-37)23(3)47-27;1-2;/h15,21-22,24,39H,6-14,17-20,38H2,1-5H3;1-2H3;1H/t21?,22-,24+,35-;;/m0../s1. The van der Waals surface area contributed by atoms with Gasteiger partial charge in [0.05, 0.1) is 24.3 Å². The molecular formula is C37H56FN7O3S.